The molecule has 0 unspecified atom stereocenters. The fourth-order valence-electron chi connectivity index (χ4n) is 1.38. The molecule has 0 aliphatic carbocycles. The third-order valence-electron chi connectivity index (χ3n) is 2.24. The Morgan fingerprint density at radius 1 is 1.18 bits per heavy atom. The van der Waals surface area contributed by atoms with E-state index in [2.05, 4.69) is 5.32 Å². The molecule has 4 heteroatoms. The average Bonchev–Trinajstić information content (AvgIpc) is 2.37. The van der Waals surface area contributed by atoms with Crippen LogP contribution in [0.4, 0.5) is 0 Å². The molecule has 1 rings (SSSR count). The van der Waals surface area contributed by atoms with Gasteiger partial charge in [-0.1, -0.05) is 12.1 Å². The van der Waals surface area contributed by atoms with E-state index in [-0.39, 0.29) is 6.61 Å². The van der Waals surface area contributed by atoms with Crippen molar-refractivity contribution in [2.45, 2.75) is 13.5 Å². The number of benzene rings is 1. The van der Waals surface area contributed by atoms with Gasteiger partial charge in [-0.05, 0) is 24.6 Å². The van der Waals surface area contributed by atoms with Crippen molar-refractivity contribution in [3.05, 3.63) is 29.8 Å². The van der Waals surface area contributed by atoms with Crippen molar-refractivity contribution >= 4 is 0 Å². The summed E-state index contributed by atoms with van der Waals surface area (Å²) in [5, 5.41) is 11.8. The number of rotatable bonds is 9. The van der Waals surface area contributed by atoms with Gasteiger partial charge >= 0.3 is 0 Å². The first kappa shape index (κ1) is 14.0. The van der Waals surface area contributed by atoms with Crippen LogP contribution in [0.5, 0.6) is 5.75 Å². The minimum atomic E-state index is 0.165. The highest BCUT2D eigenvalue weighted by atomic mass is 16.5. The minimum Gasteiger partial charge on any atom is -0.491 e. The normalized spacial score (nSPS) is 10.5. The summed E-state index contributed by atoms with van der Waals surface area (Å²) in [6.07, 6.45) is 0. The van der Waals surface area contributed by atoms with Crippen LogP contribution in [0, 0.1) is 0 Å². The predicted octanol–water partition coefficient (Wildman–Crippen LogP) is 1.18. The molecule has 0 saturated heterocycles. The van der Waals surface area contributed by atoms with E-state index in [1.165, 1.54) is 5.56 Å². The van der Waals surface area contributed by atoms with Crippen LogP contribution < -0.4 is 10.1 Å². The van der Waals surface area contributed by atoms with E-state index in [0.717, 1.165) is 18.9 Å². The average molecular weight is 239 g/mol. The zero-order chi connectivity index (χ0) is 12.3. The lowest BCUT2D eigenvalue weighted by atomic mass is 10.2. The molecule has 0 aliphatic rings. The fraction of sp³-hybridized carbons (Fsp3) is 0.538. The minimum absolute atomic E-state index is 0.165. The van der Waals surface area contributed by atoms with Crippen LogP contribution in [0.1, 0.15) is 12.5 Å². The summed E-state index contributed by atoms with van der Waals surface area (Å²) in [4.78, 5) is 0. The maximum Gasteiger partial charge on any atom is 0.119 e. The van der Waals surface area contributed by atoms with E-state index in [0.29, 0.717) is 19.8 Å². The van der Waals surface area contributed by atoms with Crippen molar-refractivity contribution in [1.29, 1.82) is 0 Å². The van der Waals surface area contributed by atoms with Crippen molar-refractivity contribution in [3.8, 4) is 5.75 Å². The summed E-state index contributed by atoms with van der Waals surface area (Å²) >= 11 is 0. The van der Waals surface area contributed by atoms with Gasteiger partial charge in [0.1, 0.15) is 12.4 Å². The molecule has 0 aliphatic heterocycles. The lowest BCUT2D eigenvalue weighted by Crippen LogP contribution is -2.17. The highest BCUT2D eigenvalue weighted by molar-refractivity contribution is 5.27. The van der Waals surface area contributed by atoms with E-state index in [1.54, 1.807) is 0 Å². The Morgan fingerprint density at radius 3 is 2.59 bits per heavy atom. The molecular formula is C13H21NO3. The molecule has 2 N–H and O–H groups in total. The lowest BCUT2D eigenvalue weighted by molar-refractivity contribution is 0.110. The zero-order valence-corrected chi connectivity index (χ0v) is 10.3. The topological polar surface area (TPSA) is 50.7 Å². The summed E-state index contributed by atoms with van der Waals surface area (Å²) in [5.41, 5.74) is 1.18. The Hall–Kier alpha value is -1.10. The molecule has 0 bridgehead atoms. The molecule has 1 aromatic carbocycles. The summed E-state index contributed by atoms with van der Waals surface area (Å²) in [6.45, 7) is 5.43. The van der Waals surface area contributed by atoms with Crippen LogP contribution >= 0.6 is 0 Å². The first-order valence-electron chi connectivity index (χ1n) is 5.98. The van der Waals surface area contributed by atoms with Crippen molar-refractivity contribution in [2.24, 2.45) is 0 Å². The Bertz CT molecular complexity index is 287. The molecule has 0 spiro atoms. The van der Waals surface area contributed by atoms with Gasteiger partial charge in [0.25, 0.3) is 0 Å². The first-order valence-corrected chi connectivity index (χ1v) is 5.98. The van der Waals surface area contributed by atoms with Crippen LogP contribution in [0.3, 0.4) is 0 Å². The molecule has 4 nitrogen and oxygen atoms in total. The fourth-order valence-corrected chi connectivity index (χ4v) is 1.38. The molecule has 0 amide bonds. The maximum absolute atomic E-state index is 8.63. The Balaban J connectivity index is 2.24. The quantitative estimate of drug-likeness (QED) is 0.635. The highest BCUT2D eigenvalue weighted by Gasteiger charge is 1.95. The molecule has 0 radical (unpaired) electrons. The SMILES string of the molecule is CCOCCOc1ccc(CNCCO)cc1. The molecule has 17 heavy (non-hydrogen) atoms. The van der Waals surface area contributed by atoms with Crippen LogP contribution in [0.15, 0.2) is 24.3 Å². The number of aliphatic hydroxyl groups is 1. The third kappa shape index (κ3) is 6.26. The lowest BCUT2D eigenvalue weighted by Gasteiger charge is -2.07. The molecule has 0 saturated carbocycles. The second kappa shape index (κ2) is 8.98. The maximum atomic E-state index is 8.63. The number of nitrogens with one attached hydrogen (secondary N) is 1. The van der Waals surface area contributed by atoms with Crippen molar-refractivity contribution in [3.63, 3.8) is 0 Å². The van der Waals surface area contributed by atoms with Gasteiger partial charge in [0.05, 0.1) is 13.2 Å². The van der Waals surface area contributed by atoms with Crippen LogP contribution in [-0.4, -0.2) is 38.1 Å². The molecule has 0 atom stereocenters. The molecule has 0 fully saturated rings. The third-order valence-corrected chi connectivity index (χ3v) is 2.24. The van der Waals surface area contributed by atoms with Crippen LogP contribution in [0.25, 0.3) is 0 Å². The molecule has 0 heterocycles. The summed E-state index contributed by atoms with van der Waals surface area (Å²) in [5.74, 6) is 0.857. The standard InChI is InChI=1S/C13H21NO3/c1-2-16-9-10-17-13-5-3-12(4-6-13)11-14-7-8-15/h3-6,14-15H,2,7-11H2,1H3. The first-order chi connectivity index (χ1) is 8.36. The van der Waals surface area contributed by atoms with Gasteiger partial charge in [0.2, 0.25) is 0 Å². The van der Waals surface area contributed by atoms with Gasteiger partial charge in [-0.2, -0.15) is 0 Å². The molecule has 1 aromatic rings. The van der Waals surface area contributed by atoms with E-state index < -0.39 is 0 Å². The Morgan fingerprint density at radius 2 is 1.94 bits per heavy atom. The van der Waals surface area contributed by atoms with E-state index in [4.69, 9.17) is 14.6 Å². The highest BCUT2D eigenvalue weighted by Crippen LogP contribution is 2.11. The Kier molecular flexibility index (Phi) is 7.38. The molecular weight excluding hydrogens is 218 g/mol. The largest absolute Gasteiger partial charge is 0.491 e. The second-order valence-electron chi connectivity index (χ2n) is 3.59. The predicted molar refractivity (Wildman–Crippen MR) is 67.2 cm³/mol. The number of hydrogen-bond acceptors (Lipinski definition) is 4. The summed E-state index contributed by atoms with van der Waals surface area (Å²) in [6, 6.07) is 7.92. The van der Waals surface area contributed by atoms with E-state index in [1.807, 2.05) is 31.2 Å². The van der Waals surface area contributed by atoms with Crippen LogP contribution in [0.2, 0.25) is 0 Å². The summed E-state index contributed by atoms with van der Waals surface area (Å²) in [7, 11) is 0. The summed E-state index contributed by atoms with van der Waals surface area (Å²) < 4.78 is 10.7. The van der Waals surface area contributed by atoms with Crippen LogP contribution in [-0.2, 0) is 11.3 Å². The number of aliphatic hydroxyl groups excluding tert-OH is 1. The van der Waals surface area contributed by atoms with E-state index in [9.17, 15) is 0 Å². The van der Waals surface area contributed by atoms with Gasteiger partial charge in [-0.3, -0.25) is 0 Å². The number of hydrogen-bond donors (Lipinski definition) is 2. The van der Waals surface area contributed by atoms with Crippen molar-refractivity contribution in [1.82, 2.24) is 5.32 Å². The number of ether oxygens (including phenoxy) is 2. The monoisotopic (exact) mass is 239 g/mol. The smallest absolute Gasteiger partial charge is 0.119 e. The second-order valence-corrected chi connectivity index (χ2v) is 3.59. The van der Waals surface area contributed by atoms with E-state index >= 15 is 0 Å². The van der Waals surface area contributed by atoms with Crippen molar-refractivity contribution < 1.29 is 14.6 Å². The zero-order valence-electron chi connectivity index (χ0n) is 10.3. The van der Waals surface area contributed by atoms with Gasteiger partial charge in [0.15, 0.2) is 0 Å². The van der Waals surface area contributed by atoms with Gasteiger partial charge in [-0.15, -0.1) is 0 Å². The van der Waals surface area contributed by atoms with Gasteiger partial charge in [-0.25, -0.2) is 0 Å². The van der Waals surface area contributed by atoms with Crippen molar-refractivity contribution in [2.75, 3.05) is 33.0 Å². The van der Waals surface area contributed by atoms with Gasteiger partial charge in [0, 0.05) is 19.7 Å². The van der Waals surface area contributed by atoms with Gasteiger partial charge < -0.3 is 19.9 Å². The molecule has 0 aromatic heterocycles. The Labute approximate surface area is 103 Å². The molecule has 96 valence electrons.